The summed E-state index contributed by atoms with van der Waals surface area (Å²) in [5.74, 6) is -1.18. The second-order valence-corrected chi connectivity index (χ2v) is 12.3. The van der Waals surface area contributed by atoms with Crippen molar-refractivity contribution >= 4 is 16.9 Å². The van der Waals surface area contributed by atoms with Crippen LogP contribution in [0.1, 0.15) is 47.2 Å². The Balaban J connectivity index is 1.50. The lowest BCUT2D eigenvalue weighted by Gasteiger charge is -2.56. The number of alkyl halides is 3. The lowest BCUT2D eigenvalue weighted by molar-refractivity contribution is -0.139. The van der Waals surface area contributed by atoms with Gasteiger partial charge in [-0.2, -0.15) is 13.2 Å². The molecule has 0 heterocycles. The lowest BCUT2D eigenvalue weighted by atomic mass is 9.49. The molecular weight excluding hydrogens is 521 g/mol. The number of aliphatic hydroxyl groups is 1. The van der Waals surface area contributed by atoms with Crippen LogP contribution in [0.25, 0.3) is 11.1 Å². The number of carbonyl (C=O) groups excluding carboxylic acids is 1. The Morgan fingerprint density at radius 3 is 1.83 bits per heavy atom. The minimum absolute atomic E-state index is 0.0422. The zero-order valence-corrected chi connectivity index (χ0v) is 22.5. The molecule has 0 radical (unpaired) electrons. The van der Waals surface area contributed by atoms with Crippen molar-refractivity contribution in [1.29, 1.82) is 0 Å². The van der Waals surface area contributed by atoms with Crippen LogP contribution in [0, 0.1) is 17.3 Å². The molecule has 4 bridgehead atoms. The summed E-state index contributed by atoms with van der Waals surface area (Å²) >= 11 is 0. The van der Waals surface area contributed by atoms with E-state index < -0.39 is 45.4 Å². The summed E-state index contributed by atoms with van der Waals surface area (Å²) in [5, 5.41) is 13.6. The molecule has 204 valence electrons. The summed E-state index contributed by atoms with van der Waals surface area (Å²) in [4.78, 5) is 14.9. The van der Waals surface area contributed by atoms with Gasteiger partial charge in [-0.3, -0.25) is 4.79 Å². The average Bonchev–Trinajstić information content (AvgIpc) is 3.54. The Bertz CT molecular complexity index is 1790. The first-order valence-corrected chi connectivity index (χ1v) is 13.9. The van der Waals surface area contributed by atoms with E-state index in [1.54, 1.807) is 0 Å². The van der Waals surface area contributed by atoms with Gasteiger partial charge < -0.3 is 5.11 Å². The number of halogens is 3. The number of rotatable bonds is 3. The molecule has 0 aromatic heterocycles. The number of carbonyl (C=O) groups is 1. The summed E-state index contributed by atoms with van der Waals surface area (Å²) in [5.41, 5.74) is 0.654. The van der Waals surface area contributed by atoms with Gasteiger partial charge in [-0.25, -0.2) is 0 Å². The fraction of sp³-hybridized carbons (Fsp3) is 0.250. The minimum atomic E-state index is -4.47. The third kappa shape index (κ3) is 2.47. The first kappa shape index (κ1) is 24.8. The topological polar surface area (TPSA) is 37.3 Å². The van der Waals surface area contributed by atoms with Gasteiger partial charge >= 0.3 is 6.18 Å². The van der Waals surface area contributed by atoms with E-state index in [4.69, 9.17) is 0 Å². The van der Waals surface area contributed by atoms with E-state index in [9.17, 15) is 23.1 Å². The van der Waals surface area contributed by atoms with E-state index in [1.165, 1.54) is 12.1 Å². The number of hydrogen-bond acceptors (Lipinski definition) is 2. The standard InChI is InChI=1S/C36H27F3O2/c1-32-25-15-9-10-16-26(25)34(23-17-19-24(20-18-23)36(37,38)39)31-30(40)29(32)27(21-11-5-3-6-12-21)28(22-13-7-4-8-14-22)35(32,41)33(31,34)2/h3-20,29,31,41H,1-2H3/t29-,31-,32+,33+,34-,35+/m0/s1. The highest BCUT2D eigenvalue weighted by Gasteiger charge is 2.95. The van der Waals surface area contributed by atoms with Gasteiger partial charge in [0.1, 0.15) is 11.4 Å². The summed E-state index contributed by atoms with van der Waals surface area (Å²) in [6.45, 7) is 4.00. The van der Waals surface area contributed by atoms with E-state index in [0.717, 1.165) is 45.5 Å². The second-order valence-electron chi connectivity index (χ2n) is 12.3. The third-order valence-electron chi connectivity index (χ3n) is 11.0. The fourth-order valence-corrected chi connectivity index (χ4v) is 9.61. The van der Waals surface area contributed by atoms with Crippen LogP contribution in [0.2, 0.25) is 0 Å². The number of allylic oxidation sites excluding steroid dienone is 1. The predicted molar refractivity (Wildman–Crippen MR) is 151 cm³/mol. The van der Waals surface area contributed by atoms with Crippen LogP contribution in [-0.2, 0) is 21.8 Å². The van der Waals surface area contributed by atoms with Gasteiger partial charge in [0.25, 0.3) is 0 Å². The molecule has 0 unspecified atom stereocenters. The van der Waals surface area contributed by atoms with Gasteiger partial charge in [0.2, 0.25) is 0 Å². The molecule has 0 aliphatic heterocycles. The zero-order chi connectivity index (χ0) is 28.6. The number of benzene rings is 4. The Kier molecular flexibility index (Phi) is 4.51. The highest BCUT2D eigenvalue weighted by atomic mass is 19.4. The monoisotopic (exact) mass is 548 g/mol. The van der Waals surface area contributed by atoms with Crippen LogP contribution < -0.4 is 0 Å². The van der Waals surface area contributed by atoms with Crippen LogP contribution in [0.15, 0.2) is 109 Å². The minimum Gasteiger partial charge on any atom is -0.384 e. The molecule has 5 heteroatoms. The number of Topliss-reactive ketones (excluding diaryl/α,β-unsaturated/α-hetero) is 1. The van der Waals surface area contributed by atoms with Crippen molar-refractivity contribution in [3.8, 4) is 0 Å². The van der Waals surface area contributed by atoms with Crippen LogP contribution in [-0.4, -0.2) is 16.5 Å². The average molecular weight is 549 g/mol. The van der Waals surface area contributed by atoms with Crippen molar-refractivity contribution in [1.82, 2.24) is 0 Å². The molecule has 0 saturated heterocycles. The molecule has 2 saturated carbocycles. The summed E-state index contributed by atoms with van der Waals surface area (Å²) in [7, 11) is 0. The van der Waals surface area contributed by atoms with E-state index in [2.05, 4.69) is 0 Å². The molecule has 1 N–H and O–H groups in total. The molecule has 6 atom stereocenters. The Morgan fingerprint density at radius 1 is 0.707 bits per heavy atom. The fourth-order valence-electron chi connectivity index (χ4n) is 9.61. The molecule has 2 fully saturated rings. The second kappa shape index (κ2) is 7.46. The van der Waals surface area contributed by atoms with E-state index >= 15 is 0 Å². The molecule has 8 rings (SSSR count). The van der Waals surface area contributed by atoms with Crippen molar-refractivity contribution in [2.24, 2.45) is 17.3 Å². The Hall–Kier alpha value is -3.96. The number of ketones is 1. The van der Waals surface area contributed by atoms with Gasteiger partial charge in [0.15, 0.2) is 0 Å². The SMILES string of the molecule is C[C@]12[C@@H]3C(=O)[C@@H]4C(c5ccccc5)=C(c5ccccc5)[C@@]1(O)[C@]4(C)c1ccccc1[C@@]32c1ccc(C(F)(F)F)cc1. The number of hydrogen-bond donors (Lipinski definition) is 1. The molecule has 4 aliphatic rings. The van der Waals surface area contributed by atoms with Gasteiger partial charge in [0.05, 0.1) is 11.5 Å². The van der Waals surface area contributed by atoms with Crippen LogP contribution in [0.4, 0.5) is 13.2 Å². The predicted octanol–water partition coefficient (Wildman–Crippen LogP) is 7.45. The Morgan fingerprint density at radius 2 is 1.24 bits per heavy atom. The Labute approximate surface area is 236 Å². The summed E-state index contributed by atoms with van der Waals surface area (Å²) < 4.78 is 40.7. The number of fused-ring (bicyclic) bond motifs is 3. The zero-order valence-electron chi connectivity index (χ0n) is 22.5. The van der Waals surface area contributed by atoms with Crippen molar-refractivity contribution in [2.75, 3.05) is 0 Å². The molecule has 4 aromatic carbocycles. The molecule has 4 aromatic rings. The van der Waals surface area contributed by atoms with Crippen LogP contribution >= 0.6 is 0 Å². The highest BCUT2D eigenvalue weighted by molar-refractivity contribution is 6.17. The maximum absolute atomic E-state index is 14.9. The molecule has 4 aliphatic carbocycles. The van der Waals surface area contributed by atoms with Crippen molar-refractivity contribution in [3.63, 3.8) is 0 Å². The van der Waals surface area contributed by atoms with Gasteiger partial charge in [-0.1, -0.05) is 111 Å². The highest BCUT2D eigenvalue weighted by Crippen LogP contribution is 2.90. The van der Waals surface area contributed by atoms with Crippen LogP contribution in [0.5, 0.6) is 0 Å². The maximum atomic E-state index is 14.9. The first-order chi connectivity index (χ1) is 19.6. The van der Waals surface area contributed by atoms with E-state index in [0.29, 0.717) is 5.56 Å². The van der Waals surface area contributed by atoms with Gasteiger partial charge in [0, 0.05) is 22.2 Å². The molecule has 2 nitrogen and oxygen atoms in total. The van der Waals surface area contributed by atoms with Gasteiger partial charge in [-0.15, -0.1) is 0 Å². The van der Waals surface area contributed by atoms with Crippen molar-refractivity contribution in [3.05, 3.63) is 143 Å². The first-order valence-electron chi connectivity index (χ1n) is 13.9. The van der Waals surface area contributed by atoms with E-state index in [-0.39, 0.29) is 5.78 Å². The largest absolute Gasteiger partial charge is 0.416 e. The molecule has 41 heavy (non-hydrogen) atoms. The maximum Gasteiger partial charge on any atom is 0.416 e. The lowest BCUT2D eigenvalue weighted by Crippen LogP contribution is -2.63. The summed E-state index contributed by atoms with van der Waals surface area (Å²) in [6.07, 6.45) is -4.47. The molecule has 0 amide bonds. The molecule has 0 spiro atoms. The quantitative estimate of drug-likeness (QED) is 0.289. The van der Waals surface area contributed by atoms with E-state index in [1.807, 2.05) is 98.8 Å². The third-order valence-corrected chi connectivity index (χ3v) is 11.0. The smallest absolute Gasteiger partial charge is 0.384 e. The van der Waals surface area contributed by atoms with Gasteiger partial charge in [-0.05, 0) is 51.1 Å². The van der Waals surface area contributed by atoms with Crippen LogP contribution in [0.3, 0.4) is 0 Å². The van der Waals surface area contributed by atoms with Crippen molar-refractivity contribution in [2.45, 2.75) is 36.5 Å². The summed E-state index contributed by atoms with van der Waals surface area (Å²) in [6, 6.07) is 32.7. The normalized spacial score (nSPS) is 34.4. The van der Waals surface area contributed by atoms with Crippen molar-refractivity contribution < 1.29 is 23.1 Å². The molecular formula is C36H27F3O2.